The van der Waals surface area contributed by atoms with E-state index in [4.69, 9.17) is 19.7 Å². The SMILES string of the molecule is C.COc1ccc(CN2CCN(C(=O)CCc3c(C)nn(-c4ccc5ncc(C)n5n4)c3C)CC2)cc1OC. The molecule has 0 saturated carbocycles. The number of aromatic nitrogens is 5. The fourth-order valence-electron chi connectivity index (χ4n) is 5.13. The molecule has 0 unspecified atom stereocenters. The number of piperazine rings is 1. The number of fused-ring (bicyclic) bond motifs is 1. The number of nitrogens with zero attached hydrogens (tertiary/aromatic N) is 7. The topological polar surface area (TPSA) is 90.0 Å². The largest absolute Gasteiger partial charge is 0.493 e. The number of rotatable bonds is 8. The molecule has 10 heteroatoms. The Morgan fingerprint density at radius 3 is 2.41 bits per heavy atom. The number of ether oxygens (including phenoxy) is 2. The number of methoxy groups -OCH3 is 2. The minimum Gasteiger partial charge on any atom is -0.493 e. The van der Waals surface area contributed by atoms with E-state index >= 15 is 0 Å². The Morgan fingerprint density at radius 1 is 0.949 bits per heavy atom. The first-order valence-electron chi connectivity index (χ1n) is 13.0. The van der Waals surface area contributed by atoms with E-state index in [0.29, 0.717) is 12.8 Å². The summed E-state index contributed by atoms with van der Waals surface area (Å²) in [6, 6.07) is 9.89. The quantitative estimate of drug-likeness (QED) is 0.341. The average Bonchev–Trinajstić information content (AvgIpc) is 3.45. The molecule has 1 aliphatic rings. The van der Waals surface area contributed by atoms with Gasteiger partial charge in [-0.2, -0.15) is 5.10 Å². The van der Waals surface area contributed by atoms with Gasteiger partial charge in [0, 0.05) is 44.8 Å². The first kappa shape index (κ1) is 28.1. The standard InChI is InChI=1S/C28H35N7O3.CH4/c1-19-17-29-26-9-10-27(31-34(19)26)35-21(3)23(20(2)30-35)7-11-28(36)33-14-12-32(13-15-33)18-22-6-8-24(37-4)25(16-22)38-5;/h6,8-10,16-17H,7,11-15,18H2,1-5H3;1H4. The fraction of sp³-hybridized carbons (Fsp3) is 0.448. The van der Waals surface area contributed by atoms with E-state index in [1.807, 2.05) is 59.1 Å². The van der Waals surface area contributed by atoms with Crippen molar-refractivity contribution < 1.29 is 14.3 Å². The second-order valence-electron chi connectivity index (χ2n) is 9.77. The van der Waals surface area contributed by atoms with Crippen LogP contribution in [0.2, 0.25) is 0 Å². The van der Waals surface area contributed by atoms with Gasteiger partial charge in [0.1, 0.15) is 0 Å². The van der Waals surface area contributed by atoms with E-state index in [9.17, 15) is 4.79 Å². The number of amides is 1. The molecule has 0 N–H and O–H groups in total. The number of aryl methyl sites for hydroxylation is 2. The lowest BCUT2D eigenvalue weighted by Crippen LogP contribution is -2.48. The molecule has 5 rings (SSSR count). The van der Waals surface area contributed by atoms with Crippen molar-refractivity contribution in [1.29, 1.82) is 0 Å². The van der Waals surface area contributed by atoms with Crippen LogP contribution in [0.25, 0.3) is 11.5 Å². The smallest absolute Gasteiger partial charge is 0.222 e. The maximum Gasteiger partial charge on any atom is 0.222 e. The van der Waals surface area contributed by atoms with Crippen molar-refractivity contribution in [1.82, 2.24) is 34.2 Å². The molecule has 39 heavy (non-hydrogen) atoms. The highest BCUT2D eigenvalue weighted by Gasteiger charge is 2.23. The third kappa shape index (κ3) is 5.75. The van der Waals surface area contributed by atoms with Gasteiger partial charge in [-0.15, -0.1) is 5.10 Å². The lowest BCUT2D eigenvalue weighted by Gasteiger charge is -2.35. The lowest BCUT2D eigenvalue weighted by molar-refractivity contribution is -0.133. The number of hydrogen-bond acceptors (Lipinski definition) is 7. The monoisotopic (exact) mass is 533 g/mol. The molecule has 0 aliphatic carbocycles. The third-order valence-corrected chi connectivity index (χ3v) is 7.34. The van der Waals surface area contributed by atoms with Crippen LogP contribution >= 0.6 is 0 Å². The summed E-state index contributed by atoms with van der Waals surface area (Å²) >= 11 is 0. The summed E-state index contributed by atoms with van der Waals surface area (Å²) in [6.45, 7) is 9.99. The summed E-state index contributed by atoms with van der Waals surface area (Å²) in [7, 11) is 3.29. The predicted molar refractivity (Wildman–Crippen MR) is 151 cm³/mol. The van der Waals surface area contributed by atoms with E-state index < -0.39 is 0 Å². The van der Waals surface area contributed by atoms with Crippen LogP contribution in [0.15, 0.2) is 36.5 Å². The highest BCUT2D eigenvalue weighted by molar-refractivity contribution is 5.76. The minimum absolute atomic E-state index is 0. The zero-order valence-corrected chi connectivity index (χ0v) is 22.8. The van der Waals surface area contributed by atoms with Gasteiger partial charge >= 0.3 is 0 Å². The van der Waals surface area contributed by atoms with Crippen molar-refractivity contribution in [2.24, 2.45) is 0 Å². The molecule has 208 valence electrons. The average molecular weight is 534 g/mol. The summed E-state index contributed by atoms with van der Waals surface area (Å²) in [5, 5.41) is 9.44. The van der Waals surface area contributed by atoms with Crippen molar-refractivity contribution in [2.45, 2.75) is 47.6 Å². The second kappa shape index (κ2) is 11.9. The van der Waals surface area contributed by atoms with E-state index in [1.165, 1.54) is 5.56 Å². The maximum absolute atomic E-state index is 13.1. The zero-order valence-electron chi connectivity index (χ0n) is 22.8. The molecule has 0 bridgehead atoms. The Kier molecular flexibility index (Phi) is 8.54. The van der Waals surface area contributed by atoms with Crippen LogP contribution in [0.1, 0.15) is 42.1 Å². The lowest BCUT2D eigenvalue weighted by atomic mass is 10.1. The molecule has 1 amide bonds. The van der Waals surface area contributed by atoms with Crippen LogP contribution in [0.5, 0.6) is 11.5 Å². The Labute approximate surface area is 230 Å². The Morgan fingerprint density at radius 2 is 1.69 bits per heavy atom. The molecule has 3 aromatic heterocycles. The van der Waals surface area contributed by atoms with Gasteiger partial charge in [-0.1, -0.05) is 13.5 Å². The zero-order chi connectivity index (χ0) is 26.8. The summed E-state index contributed by atoms with van der Waals surface area (Å²) in [5.74, 6) is 2.40. The van der Waals surface area contributed by atoms with E-state index in [-0.39, 0.29) is 13.3 Å². The van der Waals surface area contributed by atoms with Gasteiger partial charge in [0.25, 0.3) is 0 Å². The van der Waals surface area contributed by atoms with E-state index in [0.717, 1.165) is 78.3 Å². The number of hydrogen-bond donors (Lipinski definition) is 0. The van der Waals surface area contributed by atoms with Gasteiger partial charge in [0.05, 0.1) is 31.8 Å². The second-order valence-corrected chi connectivity index (χ2v) is 9.77. The van der Waals surface area contributed by atoms with E-state index in [1.54, 1.807) is 20.4 Å². The van der Waals surface area contributed by atoms with Gasteiger partial charge in [-0.3, -0.25) is 9.69 Å². The summed E-state index contributed by atoms with van der Waals surface area (Å²) < 4.78 is 14.4. The van der Waals surface area contributed by atoms with Crippen molar-refractivity contribution in [3.05, 3.63) is 64.7 Å². The van der Waals surface area contributed by atoms with Gasteiger partial charge in [0.15, 0.2) is 23.0 Å². The Bertz CT molecular complexity index is 1450. The number of carbonyl (C=O) groups excluding carboxylic acids is 1. The maximum atomic E-state index is 13.1. The summed E-state index contributed by atoms with van der Waals surface area (Å²) in [5.41, 5.74) is 6.00. The van der Waals surface area contributed by atoms with Gasteiger partial charge in [0.2, 0.25) is 5.91 Å². The molecule has 0 radical (unpaired) electrons. The number of carbonyl (C=O) groups is 1. The Balaban J connectivity index is 0.00000353. The minimum atomic E-state index is 0. The van der Waals surface area contributed by atoms with Crippen molar-refractivity contribution >= 4 is 11.6 Å². The molecule has 1 aliphatic heterocycles. The molecule has 10 nitrogen and oxygen atoms in total. The molecule has 4 aromatic rings. The molecule has 1 saturated heterocycles. The van der Waals surface area contributed by atoms with Gasteiger partial charge in [-0.25, -0.2) is 14.2 Å². The van der Waals surface area contributed by atoms with Gasteiger partial charge in [-0.05, 0) is 62.6 Å². The van der Waals surface area contributed by atoms with Crippen molar-refractivity contribution in [3.63, 3.8) is 0 Å². The van der Waals surface area contributed by atoms with E-state index in [2.05, 4.69) is 16.0 Å². The third-order valence-electron chi connectivity index (χ3n) is 7.34. The Hall–Kier alpha value is -3.92. The molecule has 1 aromatic carbocycles. The highest BCUT2D eigenvalue weighted by Crippen LogP contribution is 2.28. The van der Waals surface area contributed by atoms with Crippen LogP contribution in [-0.2, 0) is 17.8 Å². The first-order chi connectivity index (χ1) is 18.4. The number of imidazole rings is 1. The summed E-state index contributed by atoms with van der Waals surface area (Å²) in [6.07, 6.45) is 2.94. The van der Waals surface area contributed by atoms with Crippen LogP contribution in [0.3, 0.4) is 0 Å². The van der Waals surface area contributed by atoms with Crippen molar-refractivity contribution in [2.75, 3.05) is 40.4 Å². The fourth-order valence-corrected chi connectivity index (χ4v) is 5.13. The van der Waals surface area contributed by atoms with Crippen LogP contribution in [0, 0.1) is 20.8 Å². The molecular formula is C29H39N7O3. The molecule has 0 spiro atoms. The van der Waals surface area contributed by atoms with Crippen LogP contribution < -0.4 is 9.47 Å². The normalized spacial score (nSPS) is 13.9. The molecule has 0 atom stereocenters. The molecular weight excluding hydrogens is 494 g/mol. The molecule has 1 fully saturated rings. The first-order valence-corrected chi connectivity index (χ1v) is 13.0. The van der Waals surface area contributed by atoms with Crippen molar-refractivity contribution in [3.8, 4) is 17.3 Å². The highest BCUT2D eigenvalue weighted by atomic mass is 16.5. The van der Waals surface area contributed by atoms with Gasteiger partial charge < -0.3 is 14.4 Å². The summed E-state index contributed by atoms with van der Waals surface area (Å²) in [4.78, 5) is 21.8. The number of benzene rings is 1. The predicted octanol–water partition coefficient (Wildman–Crippen LogP) is 3.77. The van der Waals surface area contributed by atoms with Crippen LogP contribution in [-0.4, -0.2) is 80.5 Å². The van der Waals surface area contributed by atoms with Crippen LogP contribution in [0.4, 0.5) is 0 Å². The molecule has 4 heterocycles.